The minimum atomic E-state index is -0.287. The minimum Gasteiger partial charge on any atom is -0.383 e. The molecule has 112 valence electrons. The number of carbonyl (C=O) groups is 1. The first-order chi connectivity index (χ1) is 10.1. The highest BCUT2D eigenvalue weighted by atomic mass is 19.1. The second-order valence-corrected chi connectivity index (χ2v) is 5.54. The van der Waals surface area contributed by atoms with Crippen LogP contribution < -0.4 is 0 Å². The van der Waals surface area contributed by atoms with Gasteiger partial charge in [0.05, 0.1) is 12.6 Å². The van der Waals surface area contributed by atoms with Crippen molar-refractivity contribution < 1.29 is 13.9 Å². The smallest absolute Gasteiger partial charge is 0.270 e. The second kappa shape index (κ2) is 5.48. The van der Waals surface area contributed by atoms with Gasteiger partial charge in [0.25, 0.3) is 5.91 Å². The molecule has 3 rings (SSSR count). The SMILES string of the molecule is COC[C@H]1CCCN1C(=O)c1cc2cc(F)ccc2n1C. The fourth-order valence-corrected chi connectivity index (χ4v) is 3.14. The fraction of sp³-hybridized carbons (Fsp3) is 0.438. The van der Waals surface area contributed by atoms with E-state index in [9.17, 15) is 9.18 Å². The Hall–Kier alpha value is -1.88. The molecule has 1 aliphatic rings. The number of likely N-dealkylation sites (tertiary alicyclic amines) is 1. The van der Waals surface area contributed by atoms with E-state index in [1.54, 1.807) is 19.2 Å². The summed E-state index contributed by atoms with van der Waals surface area (Å²) in [6, 6.07) is 6.49. The molecule has 1 fully saturated rings. The lowest BCUT2D eigenvalue weighted by Gasteiger charge is -2.24. The first-order valence-corrected chi connectivity index (χ1v) is 7.16. The van der Waals surface area contributed by atoms with Crippen LogP contribution in [0, 0.1) is 5.82 Å². The average Bonchev–Trinajstić information content (AvgIpc) is 3.04. The molecule has 0 radical (unpaired) electrons. The number of fused-ring (bicyclic) bond motifs is 1. The van der Waals surface area contributed by atoms with E-state index in [0.717, 1.165) is 30.3 Å². The van der Waals surface area contributed by atoms with Crippen molar-refractivity contribution in [1.82, 2.24) is 9.47 Å². The summed E-state index contributed by atoms with van der Waals surface area (Å²) < 4.78 is 20.4. The molecular formula is C16H19FN2O2. The number of aromatic nitrogens is 1. The molecule has 0 aliphatic carbocycles. The van der Waals surface area contributed by atoms with Crippen LogP contribution in [0.5, 0.6) is 0 Å². The van der Waals surface area contributed by atoms with E-state index in [0.29, 0.717) is 12.3 Å². The molecular weight excluding hydrogens is 271 g/mol. The maximum absolute atomic E-state index is 13.3. The van der Waals surface area contributed by atoms with Crippen LogP contribution in [0.25, 0.3) is 10.9 Å². The number of methoxy groups -OCH3 is 1. The van der Waals surface area contributed by atoms with E-state index < -0.39 is 0 Å². The molecule has 5 heteroatoms. The zero-order valence-corrected chi connectivity index (χ0v) is 12.3. The monoisotopic (exact) mass is 290 g/mol. The summed E-state index contributed by atoms with van der Waals surface area (Å²) in [5.41, 5.74) is 1.46. The second-order valence-electron chi connectivity index (χ2n) is 5.54. The highest BCUT2D eigenvalue weighted by molar-refractivity contribution is 5.99. The van der Waals surface area contributed by atoms with Crippen molar-refractivity contribution in [2.45, 2.75) is 18.9 Å². The molecule has 0 saturated carbocycles. The van der Waals surface area contributed by atoms with Gasteiger partial charge in [-0.25, -0.2) is 4.39 Å². The zero-order chi connectivity index (χ0) is 15.0. The van der Waals surface area contributed by atoms with Crippen molar-refractivity contribution in [3.05, 3.63) is 35.8 Å². The summed E-state index contributed by atoms with van der Waals surface area (Å²) in [4.78, 5) is 14.6. The topological polar surface area (TPSA) is 34.5 Å². The summed E-state index contributed by atoms with van der Waals surface area (Å²) in [5.74, 6) is -0.292. The van der Waals surface area contributed by atoms with E-state index in [4.69, 9.17) is 4.74 Å². The van der Waals surface area contributed by atoms with Crippen LogP contribution in [0.1, 0.15) is 23.3 Å². The van der Waals surface area contributed by atoms with Crippen molar-refractivity contribution >= 4 is 16.8 Å². The highest BCUT2D eigenvalue weighted by Gasteiger charge is 2.30. The van der Waals surface area contributed by atoms with Gasteiger partial charge in [-0.2, -0.15) is 0 Å². The number of hydrogen-bond donors (Lipinski definition) is 0. The molecule has 1 atom stereocenters. The van der Waals surface area contributed by atoms with Crippen molar-refractivity contribution in [2.24, 2.45) is 7.05 Å². The van der Waals surface area contributed by atoms with E-state index in [1.165, 1.54) is 12.1 Å². The predicted octanol–water partition coefficient (Wildman–Crippen LogP) is 2.57. The first-order valence-electron chi connectivity index (χ1n) is 7.16. The Morgan fingerprint density at radius 3 is 3.00 bits per heavy atom. The molecule has 2 aromatic rings. The minimum absolute atomic E-state index is 0.00587. The van der Waals surface area contributed by atoms with E-state index in [1.807, 2.05) is 16.5 Å². The lowest BCUT2D eigenvalue weighted by molar-refractivity contribution is 0.0622. The molecule has 0 N–H and O–H groups in total. The van der Waals surface area contributed by atoms with Gasteiger partial charge in [-0.15, -0.1) is 0 Å². The number of ether oxygens (including phenoxy) is 1. The van der Waals surface area contributed by atoms with Gasteiger partial charge >= 0.3 is 0 Å². The third kappa shape index (κ3) is 2.42. The Balaban J connectivity index is 1.96. The number of carbonyl (C=O) groups excluding carboxylic acids is 1. The summed E-state index contributed by atoms with van der Waals surface area (Å²) in [5, 5.41) is 0.753. The number of benzene rings is 1. The third-order valence-corrected chi connectivity index (χ3v) is 4.22. The molecule has 2 heterocycles. The molecule has 0 spiro atoms. The standard InChI is InChI=1S/C16H19FN2O2/c1-18-14-6-5-12(17)8-11(14)9-15(18)16(20)19-7-3-4-13(19)10-21-2/h5-6,8-9,13H,3-4,7,10H2,1-2H3/t13-/m1/s1. The maximum atomic E-state index is 13.3. The number of aryl methyl sites for hydroxylation is 1. The number of rotatable bonds is 3. The number of halogens is 1. The largest absolute Gasteiger partial charge is 0.383 e. The van der Waals surface area contributed by atoms with Crippen LogP contribution in [0.15, 0.2) is 24.3 Å². The summed E-state index contributed by atoms with van der Waals surface area (Å²) in [7, 11) is 3.50. The molecule has 1 aromatic carbocycles. The van der Waals surface area contributed by atoms with Crippen LogP contribution in [0.2, 0.25) is 0 Å². The molecule has 1 saturated heterocycles. The van der Waals surface area contributed by atoms with Gasteiger partial charge in [-0.1, -0.05) is 0 Å². The molecule has 1 aliphatic heterocycles. The zero-order valence-electron chi connectivity index (χ0n) is 12.3. The summed E-state index contributed by atoms with van der Waals surface area (Å²) in [6.07, 6.45) is 1.97. The van der Waals surface area contributed by atoms with E-state index >= 15 is 0 Å². The average molecular weight is 290 g/mol. The van der Waals surface area contributed by atoms with Crippen molar-refractivity contribution in [1.29, 1.82) is 0 Å². The number of amides is 1. The van der Waals surface area contributed by atoms with E-state index in [2.05, 4.69) is 0 Å². The Kier molecular flexibility index (Phi) is 3.68. The summed E-state index contributed by atoms with van der Waals surface area (Å²) in [6.45, 7) is 1.31. The molecule has 1 amide bonds. The van der Waals surface area contributed by atoms with Gasteiger partial charge in [-0.05, 0) is 37.1 Å². The van der Waals surface area contributed by atoms with Crippen LogP contribution >= 0.6 is 0 Å². The van der Waals surface area contributed by atoms with Gasteiger partial charge in [0.2, 0.25) is 0 Å². The Morgan fingerprint density at radius 1 is 1.43 bits per heavy atom. The van der Waals surface area contributed by atoms with Gasteiger partial charge in [0.1, 0.15) is 11.5 Å². The van der Waals surface area contributed by atoms with Crippen molar-refractivity contribution in [3.8, 4) is 0 Å². The Morgan fingerprint density at radius 2 is 2.24 bits per heavy atom. The molecule has 21 heavy (non-hydrogen) atoms. The van der Waals surface area contributed by atoms with Crippen LogP contribution in [0.4, 0.5) is 4.39 Å². The predicted molar refractivity (Wildman–Crippen MR) is 78.8 cm³/mol. The van der Waals surface area contributed by atoms with Gasteiger partial charge < -0.3 is 14.2 Å². The maximum Gasteiger partial charge on any atom is 0.270 e. The fourth-order valence-electron chi connectivity index (χ4n) is 3.14. The molecule has 0 bridgehead atoms. The molecule has 0 unspecified atom stereocenters. The first kappa shape index (κ1) is 14.1. The third-order valence-electron chi connectivity index (χ3n) is 4.22. The summed E-state index contributed by atoms with van der Waals surface area (Å²) >= 11 is 0. The molecule has 1 aromatic heterocycles. The highest BCUT2D eigenvalue weighted by Crippen LogP contribution is 2.24. The van der Waals surface area contributed by atoms with Crippen LogP contribution in [0.3, 0.4) is 0 Å². The lowest BCUT2D eigenvalue weighted by Crippen LogP contribution is -2.38. The lowest BCUT2D eigenvalue weighted by atomic mass is 10.2. The van der Waals surface area contributed by atoms with Gasteiger partial charge in [-0.3, -0.25) is 4.79 Å². The number of nitrogens with zero attached hydrogens (tertiary/aromatic N) is 2. The normalized spacial score (nSPS) is 18.6. The molecule has 4 nitrogen and oxygen atoms in total. The van der Waals surface area contributed by atoms with Crippen molar-refractivity contribution in [2.75, 3.05) is 20.3 Å². The van der Waals surface area contributed by atoms with Gasteiger partial charge in [0.15, 0.2) is 0 Å². The Bertz CT molecular complexity index is 680. The quantitative estimate of drug-likeness (QED) is 0.870. The van der Waals surface area contributed by atoms with Crippen LogP contribution in [-0.4, -0.2) is 41.7 Å². The van der Waals surface area contributed by atoms with E-state index in [-0.39, 0.29) is 17.8 Å². The number of hydrogen-bond acceptors (Lipinski definition) is 2. The van der Waals surface area contributed by atoms with Gasteiger partial charge in [0, 0.05) is 31.6 Å². The van der Waals surface area contributed by atoms with Crippen LogP contribution in [-0.2, 0) is 11.8 Å². The Labute approximate surface area is 123 Å². The van der Waals surface area contributed by atoms with Crippen molar-refractivity contribution in [3.63, 3.8) is 0 Å².